The number of carboxylic acid groups (broad SMARTS) is 1. The lowest BCUT2D eigenvalue weighted by Gasteiger charge is -2.35. The number of amides is 1. The SMILES string of the molecule is CCn1cc(S(=O)(=O)N2CC(C(=O)C(F)(F)F)Oc3ccc(NC(=O)O)cc32)c(Cl)n1. The van der Waals surface area contributed by atoms with Gasteiger partial charge in [0.25, 0.3) is 15.8 Å². The van der Waals surface area contributed by atoms with E-state index in [2.05, 4.69) is 5.10 Å². The number of aryl methyl sites for hydroxylation is 1. The average Bonchev–Trinajstić information content (AvgIpc) is 3.07. The number of ketones is 1. The van der Waals surface area contributed by atoms with E-state index in [9.17, 15) is 31.2 Å². The number of nitrogens with one attached hydrogen (secondary N) is 1. The summed E-state index contributed by atoms with van der Waals surface area (Å²) in [5.41, 5.74) is -0.358. The maximum Gasteiger partial charge on any atom is 0.454 e. The Bertz CT molecular complexity index is 1150. The zero-order chi connectivity index (χ0) is 23.1. The Kier molecular flexibility index (Phi) is 5.80. The highest BCUT2D eigenvalue weighted by atomic mass is 35.5. The van der Waals surface area contributed by atoms with E-state index in [-0.39, 0.29) is 23.7 Å². The summed E-state index contributed by atoms with van der Waals surface area (Å²) >= 11 is 5.92. The van der Waals surface area contributed by atoms with Gasteiger partial charge in [-0.1, -0.05) is 11.6 Å². The fraction of sp³-hybridized carbons (Fsp3) is 0.312. The molecule has 0 bridgehead atoms. The van der Waals surface area contributed by atoms with E-state index < -0.39 is 50.8 Å². The van der Waals surface area contributed by atoms with Crippen LogP contribution in [-0.4, -0.2) is 54.0 Å². The summed E-state index contributed by atoms with van der Waals surface area (Å²) in [7, 11) is -4.61. The lowest BCUT2D eigenvalue weighted by molar-refractivity contribution is -0.178. The van der Waals surface area contributed by atoms with Gasteiger partial charge in [-0.3, -0.25) is 19.1 Å². The van der Waals surface area contributed by atoms with Crippen LogP contribution < -0.4 is 14.4 Å². The van der Waals surface area contributed by atoms with E-state index in [1.807, 2.05) is 5.32 Å². The number of aromatic nitrogens is 2. The Labute approximate surface area is 178 Å². The zero-order valence-corrected chi connectivity index (χ0v) is 17.1. The molecule has 1 aromatic heterocycles. The summed E-state index contributed by atoms with van der Waals surface area (Å²) in [5, 5.41) is 14.3. The Balaban J connectivity index is 2.14. The molecule has 0 fully saturated rings. The number of hydrogen-bond donors (Lipinski definition) is 2. The fourth-order valence-corrected chi connectivity index (χ4v) is 4.75. The molecule has 1 amide bonds. The van der Waals surface area contributed by atoms with Crippen LogP contribution in [0.3, 0.4) is 0 Å². The van der Waals surface area contributed by atoms with E-state index in [1.165, 1.54) is 4.68 Å². The molecule has 1 aromatic carbocycles. The number of benzene rings is 1. The molecule has 0 saturated carbocycles. The second-order valence-corrected chi connectivity index (χ2v) is 8.45. The van der Waals surface area contributed by atoms with Gasteiger partial charge in [0, 0.05) is 18.4 Å². The Morgan fingerprint density at radius 1 is 1.39 bits per heavy atom. The van der Waals surface area contributed by atoms with E-state index in [1.54, 1.807) is 6.92 Å². The van der Waals surface area contributed by atoms with Gasteiger partial charge >= 0.3 is 12.3 Å². The standard InChI is InChI=1S/C16H14ClF3N4O6S/c1-2-23-7-12(14(17)22-23)31(28,29)24-6-11(13(25)16(18,19)20)30-10-4-3-8(5-9(10)24)21-15(26)27/h3-5,7,11,21H,2,6H2,1H3,(H,26,27). The van der Waals surface area contributed by atoms with Crippen molar-refractivity contribution >= 4 is 44.9 Å². The number of ether oxygens (including phenoxy) is 1. The normalized spacial score (nSPS) is 16.4. The summed E-state index contributed by atoms with van der Waals surface area (Å²) in [4.78, 5) is 22.2. The number of Topliss-reactive ketones (excluding diaryl/α,β-unsaturated/α-hetero) is 1. The number of carbonyl (C=O) groups is 2. The number of sulfonamides is 1. The van der Waals surface area contributed by atoms with E-state index in [0.29, 0.717) is 4.31 Å². The number of anilines is 2. The second kappa shape index (κ2) is 7.92. The first kappa shape index (κ1) is 22.7. The molecule has 1 atom stereocenters. The van der Waals surface area contributed by atoms with Crippen molar-refractivity contribution < 1.29 is 41.0 Å². The van der Waals surface area contributed by atoms with Gasteiger partial charge in [0.15, 0.2) is 11.3 Å². The molecule has 10 nitrogen and oxygen atoms in total. The van der Waals surface area contributed by atoms with Crippen LogP contribution in [0.25, 0.3) is 0 Å². The molecule has 1 aliphatic heterocycles. The molecule has 2 N–H and O–H groups in total. The summed E-state index contributed by atoms with van der Waals surface area (Å²) in [5.74, 6) is -2.64. The molecular formula is C16H14ClF3N4O6S. The number of rotatable bonds is 5. The number of carbonyl (C=O) groups excluding carboxylic acids is 1. The van der Waals surface area contributed by atoms with E-state index in [4.69, 9.17) is 21.4 Å². The van der Waals surface area contributed by atoms with Gasteiger partial charge in [0.2, 0.25) is 0 Å². The fourth-order valence-electron chi connectivity index (χ4n) is 2.83. The number of alkyl halides is 3. The number of halogens is 4. The van der Waals surface area contributed by atoms with Crippen molar-refractivity contribution in [1.29, 1.82) is 0 Å². The topological polar surface area (TPSA) is 131 Å². The van der Waals surface area contributed by atoms with Gasteiger partial charge < -0.3 is 9.84 Å². The van der Waals surface area contributed by atoms with Gasteiger partial charge in [-0.15, -0.1) is 0 Å². The molecule has 15 heteroatoms. The predicted molar refractivity (Wildman–Crippen MR) is 101 cm³/mol. The van der Waals surface area contributed by atoms with Crippen molar-refractivity contribution in [2.24, 2.45) is 0 Å². The Morgan fingerprint density at radius 2 is 2.06 bits per heavy atom. The van der Waals surface area contributed by atoms with Gasteiger partial charge in [-0.2, -0.15) is 18.3 Å². The molecule has 1 aliphatic rings. The summed E-state index contributed by atoms with van der Waals surface area (Å²) < 4.78 is 72.2. The minimum atomic E-state index is -5.27. The van der Waals surface area contributed by atoms with Gasteiger partial charge in [-0.05, 0) is 25.1 Å². The maximum atomic E-state index is 13.3. The monoisotopic (exact) mass is 482 g/mol. The number of nitrogens with zero attached hydrogens (tertiary/aromatic N) is 3. The predicted octanol–water partition coefficient (Wildman–Crippen LogP) is 2.73. The average molecular weight is 483 g/mol. The Morgan fingerprint density at radius 3 is 2.61 bits per heavy atom. The van der Waals surface area contributed by atoms with Crippen LogP contribution in [0.5, 0.6) is 5.75 Å². The molecular weight excluding hydrogens is 469 g/mol. The van der Waals surface area contributed by atoms with Crippen molar-refractivity contribution in [2.45, 2.75) is 30.6 Å². The third-order valence-corrected chi connectivity index (χ3v) is 6.40. The smallest absolute Gasteiger partial charge is 0.454 e. The van der Waals surface area contributed by atoms with Crippen LogP contribution in [0.15, 0.2) is 29.3 Å². The minimum Gasteiger partial charge on any atom is -0.478 e. The summed E-state index contributed by atoms with van der Waals surface area (Å²) in [6.07, 6.45) is -7.82. The summed E-state index contributed by atoms with van der Waals surface area (Å²) in [6, 6.07) is 3.24. The quantitative estimate of drug-likeness (QED) is 0.670. The molecule has 2 heterocycles. The number of hydrogen-bond acceptors (Lipinski definition) is 6. The molecule has 31 heavy (non-hydrogen) atoms. The third-order valence-electron chi connectivity index (χ3n) is 4.23. The van der Waals surface area contributed by atoms with Crippen LogP contribution in [0.4, 0.5) is 29.3 Å². The van der Waals surface area contributed by atoms with Gasteiger partial charge in [0.1, 0.15) is 10.6 Å². The lowest BCUT2D eigenvalue weighted by Crippen LogP contribution is -2.50. The largest absolute Gasteiger partial charge is 0.478 e. The molecule has 0 saturated heterocycles. The molecule has 2 aromatic rings. The Hall–Kier alpha value is -3.00. The van der Waals surface area contributed by atoms with Gasteiger partial charge in [-0.25, -0.2) is 13.2 Å². The van der Waals surface area contributed by atoms with Crippen molar-refractivity contribution in [3.8, 4) is 5.75 Å². The molecule has 0 spiro atoms. The van der Waals surface area contributed by atoms with E-state index in [0.717, 1.165) is 24.4 Å². The molecule has 0 aliphatic carbocycles. The van der Waals surface area contributed by atoms with Crippen LogP contribution in [0.2, 0.25) is 5.15 Å². The van der Waals surface area contributed by atoms with Crippen molar-refractivity contribution in [3.05, 3.63) is 29.5 Å². The first-order chi connectivity index (χ1) is 14.3. The third kappa shape index (κ3) is 4.39. The molecule has 3 rings (SSSR count). The van der Waals surface area contributed by atoms with Crippen molar-refractivity contribution in [3.63, 3.8) is 0 Å². The van der Waals surface area contributed by atoms with Crippen molar-refractivity contribution in [1.82, 2.24) is 9.78 Å². The second-order valence-electron chi connectivity index (χ2n) is 6.26. The molecule has 0 radical (unpaired) electrons. The summed E-state index contributed by atoms with van der Waals surface area (Å²) in [6.45, 7) is 0.903. The molecule has 1 unspecified atom stereocenters. The first-order valence-corrected chi connectivity index (χ1v) is 10.3. The van der Waals surface area contributed by atoms with Crippen LogP contribution in [-0.2, 0) is 21.4 Å². The van der Waals surface area contributed by atoms with Crippen LogP contribution >= 0.6 is 11.6 Å². The number of fused-ring (bicyclic) bond motifs is 1. The maximum absolute atomic E-state index is 13.3. The molecule has 168 valence electrons. The highest BCUT2D eigenvalue weighted by Gasteiger charge is 2.49. The highest BCUT2D eigenvalue weighted by Crippen LogP contribution is 2.41. The zero-order valence-electron chi connectivity index (χ0n) is 15.6. The van der Waals surface area contributed by atoms with Crippen LogP contribution in [0.1, 0.15) is 6.92 Å². The first-order valence-electron chi connectivity index (χ1n) is 8.52. The van der Waals surface area contributed by atoms with Crippen molar-refractivity contribution in [2.75, 3.05) is 16.2 Å². The highest BCUT2D eigenvalue weighted by molar-refractivity contribution is 7.93. The van der Waals surface area contributed by atoms with Crippen LogP contribution in [0, 0.1) is 0 Å². The van der Waals surface area contributed by atoms with Gasteiger partial charge in [0.05, 0.1) is 12.2 Å². The lowest BCUT2D eigenvalue weighted by atomic mass is 10.1. The minimum absolute atomic E-state index is 0.0778. The van der Waals surface area contributed by atoms with E-state index >= 15 is 0 Å².